The fourth-order valence-corrected chi connectivity index (χ4v) is 2.36. The minimum atomic E-state index is -0.0558. The van der Waals surface area contributed by atoms with Gasteiger partial charge in [-0.1, -0.05) is 6.07 Å². The van der Waals surface area contributed by atoms with Crippen LogP contribution in [-0.4, -0.2) is 4.98 Å². The summed E-state index contributed by atoms with van der Waals surface area (Å²) in [4.78, 5) is 15.3. The summed E-state index contributed by atoms with van der Waals surface area (Å²) in [6.07, 6.45) is 0. The Hall–Kier alpha value is -2.75. The van der Waals surface area contributed by atoms with Crippen LogP contribution >= 0.6 is 0 Å². The van der Waals surface area contributed by atoms with E-state index in [9.17, 15) is 4.79 Å². The number of aryl methyl sites for hydroxylation is 2. The predicted octanol–water partition coefficient (Wildman–Crippen LogP) is 3.31. The van der Waals surface area contributed by atoms with Gasteiger partial charge in [-0.3, -0.25) is 4.79 Å². The molecule has 0 atom stereocenters. The van der Waals surface area contributed by atoms with Crippen molar-refractivity contribution in [1.29, 1.82) is 0 Å². The summed E-state index contributed by atoms with van der Waals surface area (Å²) in [7, 11) is 0. The maximum absolute atomic E-state index is 12.1. The van der Waals surface area contributed by atoms with Crippen LogP contribution in [-0.2, 0) is 6.61 Å². The van der Waals surface area contributed by atoms with Crippen molar-refractivity contribution in [1.82, 2.24) is 4.98 Å². The Labute approximate surface area is 128 Å². The minimum absolute atomic E-state index is 0.0558. The molecule has 3 rings (SSSR count). The summed E-state index contributed by atoms with van der Waals surface area (Å²) < 4.78 is 5.76. The Kier molecular flexibility index (Phi) is 3.59. The molecule has 4 nitrogen and oxygen atoms in total. The van der Waals surface area contributed by atoms with E-state index in [1.807, 2.05) is 31.2 Å². The maximum atomic E-state index is 12.1. The first-order valence-corrected chi connectivity index (χ1v) is 7.14. The van der Waals surface area contributed by atoms with E-state index in [4.69, 9.17) is 10.5 Å². The average molecular weight is 294 g/mol. The lowest BCUT2D eigenvalue weighted by Crippen LogP contribution is -2.08. The molecule has 22 heavy (non-hydrogen) atoms. The van der Waals surface area contributed by atoms with Gasteiger partial charge in [0.25, 0.3) is 0 Å². The molecule has 0 saturated heterocycles. The Morgan fingerprint density at radius 1 is 1.05 bits per heavy atom. The first kappa shape index (κ1) is 14.2. The van der Waals surface area contributed by atoms with Gasteiger partial charge in [0.15, 0.2) is 5.43 Å². The average Bonchev–Trinajstić information content (AvgIpc) is 2.49. The molecule has 0 spiro atoms. The Morgan fingerprint density at radius 2 is 1.86 bits per heavy atom. The molecule has 1 heterocycles. The molecule has 4 heteroatoms. The number of aromatic amines is 1. The van der Waals surface area contributed by atoms with Gasteiger partial charge in [0.1, 0.15) is 12.4 Å². The molecule has 112 valence electrons. The molecule has 2 aromatic carbocycles. The highest BCUT2D eigenvalue weighted by Gasteiger charge is 2.04. The second-order valence-corrected chi connectivity index (χ2v) is 5.50. The number of nitrogens with one attached hydrogen (secondary N) is 1. The van der Waals surface area contributed by atoms with Gasteiger partial charge in [-0.15, -0.1) is 0 Å². The van der Waals surface area contributed by atoms with E-state index in [-0.39, 0.29) is 5.43 Å². The largest absolute Gasteiger partial charge is 0.487 e. The molecule has 0 unspecified atom stereocenters. The van der Waals surface area contributed by atoms with Gasteiger partial charge in [-0.05, 0) is 55.3 Å². The van der Waals surface area contributed by atoms with E-state index >= 15 is 0 Å². The number of fused-ring (bicyclic) bond motifs is 1. The highest BCUT2D eigenvalue weighted by molar-refractivity contribution is 5.81. The lowest BCUT2D eigenvalue weighted by atomic mass is 10.1. The van der Waals surface area contributed by atoms with E-state index in [1.165, 1.54) is 11.1 Å². The molecule has 3 aromatic rings. The zero-order valence-corrected chi connectivity index (χ0v) is 12.6. The normalized spacial score (nSPS) is 10.8. The van der Waals surface area contributed by atoms with E-state index in [0.717, 1.165) is 17.0 Å². The summed E-state index contributed by atoms with van der Waals surface area (Å²) in [5.74, 6) is 0.793. The van der Waals surface area contributed by atoms with Gasteiger partial charge in [0.05, 0.1) is 5.69 Å². The summed E-state index contributed by atoms with van der Waals surface area (Å²) >= 11 is 0. The van der Waals surface area contributed by atoms with Crippen LogP contribution in [0.1, 0.15) is 16.8 Å². The van der Waals surface area contributed by atoms with E-state index in [2.05, 4.69) is 11.9 Å². The summed E-state index contributed by atoms with van der Waals surface area (Å²) in [5, 5.41) is 0.593. The van der Waals surface area contributed by atoms with Gasteiger partial charge in [-0.2, -0.15) is 0 Å². The van der Waals surface area contributed by atoms with Crippen molar-refractivity contribution in [3.05, 3.63) is 69.5 Å². The van der Waals surface area contributed by atoms with Crippen molar-refractivity contribution in [3.63, 3.8) is 0 Å². The number of ether oxygens (including phenoxy) is 1. The zero-order chi connectivity index (χ0) is 15.7. The molecule has 0 aliphatic rings. The first-order valence-electron chi connectivity index (χ1n) is 7.14. The Morgan fingerprint density at radius 3 is 2.64 bits per heavy atom. The van der Waals surface area contributed by atoms with Gasteiger partial charge in [-0.25, -0.2) is 0 Å². The third kappa shape index (κ3) is 2.81. The van der Waals surface area contributed by atoms with Crippen LogP contribution in [0.15, 0.2) is 47.3 Å². The highest BCUT2D eigenvalue weighted by atomic mass is 16.5. The smallest absolute Gasteiger partial charge is 0.189 e. The fourth-order valence-electron chi connectivity index (χ4n) is 2.36. The van der Waals surface area contributed by atoms with Gasteiger partial charge < -0.3 is 15.5 Å². The molecular formula is C18H18N2O2. The molecule has 0 radical (unpaired) electrons. The number of nitrogens with two attached hydrogens (primary N) is 1. The lowest BCUT2D eigenvalue weighted by Gasteiger charge is -2.09. The predicted molar refractivity (Wildman–Crippen MR) is 89.2 cm³/mol. The molecule has 1 aromatic heterocycles. The number of pyridine rings is 1. The third-order valence-corrected chi connectivity index (χ3v) is 3.78. The Bertz CT molecular complexity index is 897. The quantitative estimate of drug-likeness (QED) is 0.728. The molecule has 3 N–H and O–H groups in total. The SMILES string of the molecule is Cc1ccc(OCc2cc(=O)c3cc(N)ccc3[nH]2)cc1C. The molecular weight excluding hydrogens is 276 g/mol. The first-order chi connectivity index (χ1) is 10.5. The molecule has 0 fully saturated rings. The van der Waals surface area contributed by atoms with Gasteiger partial charge in [0.2, 0.25) is 0 Å². The number of aromatic nitrogens is 1. The molecule has 0 aliphatic carbocycles. The number of rotatable bonds is 3. The second kappa shape index (κ2) is 5.56. The standard InChI is InChI=1S/C18H18N2O2/c1-11-3-5-15(7-12(11)2)22-10-14-9-18(21)16-8-13(19)4-6-17(16)20-14/h3-9H,10,19H2,1-2H3,(H,20,21). The number of nitrogen functional groups attached to an aromatic ring is 1. The van der Waals surface area contributed by atoms with Crippen LogP contribution < -0.4 is 15.9 Å². The number of hydrogen-bond acceptors (Lipinski definition) is 3. The fraction of sp³-hybridized carbons (Fsp3) is 0.167. The summed E-state index contributed by atoms with van der Waals surface area (Å²) in [6.45, 7) is 4.42. The topological polar surface area (TPSA) is 68.1 Å². The van der Waals surface area contributed by atoms with Crippen molar-refractivity contribution in [2.75, 3.05) is 5.73 Å². The van der Waals surface area contributed by atoms with Crippen LogP contribution in [0.25, 0.3) is 10.9 Å². The Balaban J connectivity index is 1.86. The van der Waals surface area contributed by atoms with Crippen LogP contribution in [0, 0.1) is 13.8 Å². The minimum Gasteiger partial charge on any atom is -0.487 e. The van der Waals surface area contributed by atoms with E-state index < -0.39 is 0 Å². The van der Waals surface area contributed by atoms with Crippen LogP contribution in [0.4, 0.5) is 5.69 Å². The van der Waals surface area contributed by atoms with Crippen LogP contribution in [0.5, 0.6) is 5.75 Å². The van der Waals surface area contributed by atoms with E-state index in [1.54, 1.807) is 18.2 Å². The van der Waals surface area contributed by atoms with Gasteiger partial charge in [0, 0.05) is 22.7 Å². The molecule has 0 saturated carbocycles. The van der Waals surface area contributed by atoms with Crippen molar-refractivity contribution in [3.8, 4) is 5.75 Å². The molecule has 0 amide bonds. The lowest BCUT2D eigenvalue weighted by molar-refractivity contribution is 0.301. The zero-order valence-electron chi connectivity index (χ0n) is 12.6. The number of anilines is 1. The van der Waals surface area contributed by atoms with Crippen molar-refractivity contribution < 1.29 is 4.74 Å². The van der Waals surface area contributed by atoms with Crippen molar-refractivity contribution in [2.45, 2.75) is 20.5 Å². The second-order valence-electron chi connectivity index (χ2n) is 5.50. The number of H-pyrrole nitrogens is 1. The molecule has 0 aliphatic heterocycles. The summed E-state index contributed by atoms with van der Waals surface area (Å²) in [6, 6.07) is 12.8. The van der Waals surface area contributed by atoms with Crippen LogP contribution in [0.3, 0.4) is 0 Å². The van der Waals surface area contributed by atoms with Crippen molar-refractivity contribution in [2.24, 2.45) is 0 Å². The number of benzene rings is 2. The highest BCUT2D eigenvalue weighted by Crippen LogP contribution is 2.18. The van der Waals surface area contributed by atoms with Crippen LogP contribution in [0.2, 0.25) is 0 Å². The van der Waals surface area contributed by atoms with Crippen molar-refractivity contribution >= 4 is 16.6 Å². The third-order valence-electron chi connectivity index (χ3n) is 3.78. The summed E-state index contributed by atoms with van der Waals surface area (Å²) in [5.41, 5.74) is 10.1. The monoisotopic (exact) mass is 294 g/mol. The maximum Gasteiger partial charge on any atom is 0.189 e. The van der Waals surface area contributed by atoms with Gasteiger partial charge >= 0.3 is 0 Å². The van der Waals surface area contributed by atoms with E-state index in [0.29, 0.717) is 17.7 Å². The number of hydrogen-bond donors (Lipinski definition) is 2. The molecule has 0 bridgehead atoms.